The molecular formula is C30H30N2O6S. The van der Waals surface area contributed by atoms with Crippen molar-refractivity contribution < 1.29 is 27.4 Å². The molecule has 0 aliphatic carbocycles. The van der Waals surface area contributed by atoms with Crippen molar-refractivity contribution in [1.29, 1.82) is 0 Å². The minimum absolute atomic E-state index is 0.0727. The first-order valence-corrected chi connectivity index (χ1v) is 13.9. The fourth-order valence-corrected chi connectivity index (χ4v) is 4.45. The van der Waals surface area contributed by atoms with E-state index in [1.807, 2.05) is 42.5 Å². The van der Waals surface area contributed by atoms with Crippen molar-refractivity contribution in [3.05, 3.63) is 102 Å². The number of ether oxygens (including phenoxy) is 3. The van der Waals surface area contributed by atoms with Gasteiger partial charge in [0.25, 0.3) is 5.91 Å². The first-order valence-electron chi connectivity index (χ1n) is 12.1. The minimum Gasteiger partial charge on any atom is -0.497 e. The third kappa shape index (κ3) is 6.69. The van der Waals surface area contributed by atoms with Crippen LogP contribution >= 0.6 is 0 Å². The Hall–Kier alpha value is -4.50. The molecule has 0 fully saturated rings. The van der Waals surface area contributed by atoms with E-state index in [9.17, 15) is 13.2 Å². The van der Waals surface area contributed by atoms with Crippen LogP contribution < -0.4 is 23.8 Å². The molecule has 39 heavy (non-hydrogen) atoms. The van der Waals surface area contributed by atoms with E-state index < -0.39 is 10.0 Å². The number of carbonyl (C=O) groups excluding carboxylic acids is 1. The molecule has 0 aliphatic heterocycles. The summed E-state index contributed by atoms with van der Waals surface area (Å²) in [4.78, 5) is 13.0. The summed E-state index contributed by atoms with van der Waals surface area (Å²) in [7, 11) is 0.986. The number of methoxy groups -OCH3 is 2. The van der Waals surface area contributed by atoms with Crippen molar-refractivity contribution in [2.75, 3.05) is 37.1 Å². The Bertz CT molecular complexity index is 1550. The molecule has 0 saturated heterocycles. The van der Waals surface area contributed by atoms with Gasteiger partial charge in [-0.15, -0.1) is 0 Å². The molecule has 1 amide bonds. The zero-order chi connectivity index (χ0) is 28.0. The average molecular weight is 547 g/mol. The smallest absolute Gasteiger partial charge is 0.255 e. The van der Waals surface area contributed by atoms with Gasteiger partial charge >= 0.3 is 0 Å². The van der Waals surface area contributed by atoms with Gasteiger partial charge in [-0.05, 0) is 53.6 Å². The van der Waals surface area contributed by atoms with Crippen LogP contribution in [0.1, 0.15) is 15.9 Å². The molecular weight excluding hydrogens is 516 g/mol. The van der Waals surface area contributed by atoms with E-state index in [1.54, 1.807) is 62.8 Å². The summed E-state index contributed by atoms with van der Waals surface area (Å²) in [6.07, 6.45) is 1.11. The van der Waals surface area contributed by atoms with E-state index in [0.717, 1.165) is 21.7 Å². The molecule has 4 aromatic carbocycles. The van der Waals surface area contributed by atoms with Gasteiger partial charge in [-0.2, -0.15) is 0 Å². The van der Waals surface area contributed by atoms with Gasteiger partial charge < -0.3 is 19.5 Å². The van der Waals surface area contributed by atoms with Gasteiger partial charge in [0.1, 0.15) is 23.9 Å². The van der Waals surface area contributed by atoms with Gasteiger partial charge in [0.15, 0.2) is 0 Å². The third-order valence-electron chi connectivity index (χ3n) is 6.18. The minimum atomic E-state index is -3.57. The van der Waals surface area contributed by atoms with E-state index >= 15 is 0 Å². The predicted octanol–water partition coefficient (Wildman–Crippen LogP) is 5.60. The van der Waals surface area contributed by atoms with E-state index in [2.05, 4.69) is 5.32 Å². The molecule has 0 radical (unpaired) electrons. The number of sulfonamides is 1. The van der Waals surface area contributed by atoms with Gasteiger partial charge in [-0.25, -0.2) is 8.42 Å². The molecule has 0 spiro atoms. The maximum atomic E-state index is 13.0. The predicted molar refractivity (Wildman–Crippen MR) is 153 cm³/mol. The van der Waals surface area contributed by atoms with E-state index in [1.165, 1.54) is 7.05 Å². The van der Waals surface area contributed by atoms with Crippen molar-refractivity contribution in [2.45, 2.75) is 6.61 Å². The Morgan fingerprint density at radius 2 is 1.51 bits per heavy atom. The topological polar surface area (TPSA) is 94.2 Å². The molecule has 0 bridgehead atoms. The summed E-state index contributed by atoms with van der Waals surface area (Å²) in [6, 6.07) is 27.3. The highest BCUT2D eigenvalue weighted by atomic mass is 32.2. The Morgan fingerprint density at radius 1 is 0.821 bits per heavy atom. The third-order valence-corrected chi connectivity index (χ3v) is 7.37. The summed E-state index contributed by atoms with van der Waals surface area (Å²) < 4.78 is 42.5. The average Bonchev–Trinajstić information content (AvgIpc) is 2.95. The first-order chi connectivity index (χ1) is 18.7. The summed E-state index contributed by atoms with van der Waals surface area (Å²) in [5, 5.41) is 2.87. The Labute approximate surface area is 228 Å². The van der Waals surface area contributed by atoms with Crippen molar-refractivity contribution in [3.63, 3.8) is 0 Å². The van der Waals surface area contributed by atoms with E-state index in [0.29, 0.717) is 34.0 Å². The second kappa shape index (κ2) is 11.9. The second-order valence-corrected chi connectivity index (χ2v) is 10.8. The molecule has 9 heteroatoms. The lowest BCUT2D eigenvalue weighted by molar-refractivity contribution is 0.102. The van der Waals surface area contributed by atoms with Crippen LogP contribution in [0.25, 0.3) is 11.1 Å². The normalized spacial score (nSPS) is 11.0. The fraction of sp³-hybridized carbons (Fsp3) is 0.167. The number of rotatable bonds is 10. The zero-order valence-corrected chi connectivity index (χ0v) is 23.0. The van der Waals surface area contributed by atoms with Gasteiger partial charge in [0.05, 0.1) is 26.2 Å². The van der Waals surface area contributed by atoms with Crippen molar-refractivity contribution in [2.24, 2.45) is 0 Å². The highest BCUT2D eigenvalue weighted by molar-refractivity contribution is 7.92. The van der Waals surface area contributed by atoms with Gasteiger partial charge in [0.2, 0.25) is 10.0 Å². The molecule has 0 atom stereocenters. The van der Waals surface area contributed by atoms with Crippen LogP contribution in [-0.4, -0.2) is 41.8 Å². The van der Waals surface area contributed by atoms with Gasteiger partial charge in [0, 0.05) is 29.9 Å². The fourth-order valence-electron chi connectivity index (χ4n) is 3.94. The summed E-state index contributed by atoms with van der Waals surface area (Å²) in [5.41, 5.74) is 4.02. The molecule has 0 aliphatic rings. The number of nitrogens with zero attached hydrogens (tertiary/aromatic N) is 1. The van der Waals surface area contributed by atoms with Crippen LogP contribution in [0.3, 0.4) is 0 Å². The standard InChI is InChI=1S/C30H30N2O6S/c1-32(39(4,34)35)27-16-14-25(19-29(27)38-20-24-18-26(36-2)15-17-28(24)37-3)31-30(33)23-12-10-22(11-13-23)21-8-6-5-7-9-21/h5-19H,20H2,1-4H3,(H,31,33). The van der Waals surface area contributed by atoms with Gasteiger partial charge in [-0.3, -0.25) is 9.10 Å². The lowest BCUT2D eigenvalue weighted by Gasteiger charge is -2.21. The number of carbonyl (C=O) groups is 1. The number of nitrogens with one attached hydrogen (secondary N) is 1. The molecule has 8 nitrogen and oxygen atoms in total. The largest absolute Gasteiger partial charge is 0.497 e. The summed E-state index contributed by atoms with van der Waals surface area (Å²) in [6.45, 7) is 0.0727. The highest BCUT2D eigenvalue weighted by Gasteiger charge is 2.19. The highest BCUT2D eigenvalue weighted by Crippen LogP contribution is 2.34. The van der Waals surface area contributed by atoms with E-state index in [-0.39, 0.29) is 18.3 Å². The van der Waals surface area contributed by atoms with Crippen LogP contribution in [-0.2, 0) is 16.6 Å². The molecule has 0 unspecified atom stereocenters. The monoisotopic (exact) mass is 546 g/mol. The Morgan fingerprint density at radius 3 is 2.15 bits per heavy atom. The maximum Gasteiger partial charge on any atom is 0.255 e. The van der Waals surface area contributed by atoms with E-state index in [4.69, 9.17) is 14.2 Å². The molecule has 4 rings (SSSR count). The lowest BCUT2D eigenvalue weighted by Crippen LogP contribution is -2.25. The van der Waals surface area contributed by atoms with Crippen LogP contribution in [0, 0.1) is 0 Å². The number of amides is 1. The SMILES string of the molecule is COc1ccc(OC)c(COc2cc(NC(=O)c3ccc(-c4ccccc4)cc3)ccc2N(C)S(C)(=O)=O)c1. The Balaban J connectivity index is 1.59. The number of hydrogen-bond acceptors (Lipinski definition) is 6. The zero-order valence-electron chi connectivity index (χ0n) is 22.2. The molecule has 0 heterocycles. The van der Waals surface area contributed by atoms with Crippen molar-refractivity contribution in [1.82, 2.24) is 0 Å². The first kappa shape index (κ1) is 27.5. The van der Waals surface area contributed by atoms with Crippen molar-refractivity contribution >= 4 is 27.3 Å². The Kier molecular flexibility index (Phi) is 8.41. The number of hydrogen-bond donors (Lipinski definition) is 1. The maximum absolute atomic E-state index is 13.0. The van der Waals surface area contributed by atoms with Crippen LogP contribution in [0.2, 0.25) is 0 Å². The molecule has 202 valence electrons. The second-order valence-electron chi connectivity index (χ2n) is 8.78. The van der Waals surface area contributed by atoms with Gasteiger partial charge in [-0.1, -0.05) is 42.5 Å². The lowest BCUT2D eigenvalue weighted by atomic mass is 10.0. The molecule has 0 aromatic heterocycles. The quantitative estimate of drug-likeness (QED) is 0.278. The summed E-state index contributed by atoms with van der Waals surface area (Å²) in [5.74, 6) is 1.18. The van der Waals surface area contributed by atoms with Crippen LogP contribution in [0.5, 0.6) is 17.2 Å². The van der Waals surface area contributed by atoms with Crippen molar-refractivity contribution in [3.8, 4) is 28.4 Å². The molecule has 0 saturated carbocycles. The van der Waals surface area contributed by atoms with Crippen LogP contribution in [0.4, 0.5) is 11.4 Å². The molecule has 4 aromatic rings. The van der Waals surface area contributed by atoms with Crippen LogP contribution in [0.15, 0.2) is 91.0 Å². The number of benzene rings is 4. The number of anilines is 2. The molecule has 1 N–H and O–H groups in total. The summed E-state index contributed by atoms with van der Waals surface area (Å²) >= 11 is 0.